The fourth-order valence-electron chi connectivity index (χ4n) is 1.44. The number of hydrogen-bond donors (Lipinski definition) is 2. The number of anilines is 2. The summed E-state index contributed by atoms with van der Waals surface area (Å²) in [6.07, 6.45) is 0. The van der Waals surface area contributed by atoms with Crippen molar-refractivity contribution in [1.82, 2.24) is 9.13 Å². The van der Waals surface area contributed by atoms with Gasteiger partial charge in [0, 0.05) is 26.2 Å². The van der Waals surface area contributed by atoms with Gasteiger partial charge >= 0.3 is 0 Å². The number of nitrogens with zero attached hydrogens (tertiary/aromatic N) is 2. The average molecular weight is 164 g/mol. The molecule has 0 spiro atoms. The summed E-state index contributed by atoms with van der Waals surface area (Å²) in [6.45, 7) is 0. The van der Waals surface area contributed by atoms with Gasteiger partial charge in [-0.2, -0.15) is 0 Å². The summed E-state index contributed by atoms with van der Waals surface area (Å²) in [4.78, 5) is 0. The van der Waals surface area contributed by atoms with Gasteiger partial charge in [-0.25, -0.2) is 0 Å². The molecule has 2 heterocycles. The minimum atomic E-state index is 0.760. The predicted molar refractivity (Wildman–Crippen MR) is 50.7 cm³/mol. The van der Waals surface area contributed by atoms with Gasteiger partial charge in [0.05, 0.1) is 11.0 Å². The van der Waals surface area contributed by atoms with Crippen molar-refractivity contribution in [3.63, 3.8) is 0 Å². The summed E-state index contributed by atoms with van der Waals surface area (Å²) in [5.74, 6) is 1.52. The van der Waals surface area contributed by atoms with E-state index < -0.39 is 0 Å². The van der Waals surface area contributed by atoms with E-state index >= 15 is 0 Å². The van der Waals surface area contributed by atoms with E-state index in [9.17, 15) is 0 Å². The quantitative estimate of drug-likeness (QED) is 0.601. The maximum atomic E-state index is 5.72. The van der Waals surface area contributed by atoms with E-state index in [1.54, 1.807) is 0 Å². The highest BCUT2D eigenvalue weighted by molar-refractivity contribution is 5.85. The van der Waals surface area contributed by atoms with Crippen LogP contribution in [0.4, 0.5) is 11.6 Å². The number of nitrogens with two attached hydrogens (primary N) is 2. The van der Waals surface area contributed by atoms with Crippen LogP contribution in [0.15, 0.2) is 12.1 Å². The number of aryl methyl sites for hydroxylation is 2. The largest absolute Gasteiger partial charge is 0.385 e. The van der Waals surface area contributed by atoms with Gasteiger partial charge in [-0.3, -0.25) is 0 Å². The van der Waals surface area contributed by atoms with Crippen LogP contribution in [0.5, 0.6) is 0 Å². The molecule has 4 N–H and O–H groups in total. The summed E-state index contributed by atoms with van der Waals surface area (Å²) >= 11 is 0. The number of rotatable bonds is 0. The molecular weight excluding hydrogens is 152 g/mol. The first-order valence-corrected chi connectivity index (χ1v) is 3.77. The molecule has 64 valence electrons. The van der Waals surface area contributed by atoms with Crippen LogP contribution in [-0.4, -0.2) is 9.13 Å². The zero-order valence-corrected chi connectivity index (χ0v) is 7.20. The lowest BCUT2D eigenvalue weighted by Gasteiger charge is -1.95. The van der Waals surface area contributed by atoms with Gasteiger partial charge < -0.3 is 20.6 Å². The van der Waals surface area contributed by atoms with Gasteiger partial charge in [-0.15, -0.1) is 0 Å². The molecule has 0 aliphatic carbocycles. The van der Waals surface area contributed by atoms with Crippen LogP contribution in [0.2, 0.25) is 0 Å². The van der Waals surface area contributed by atoms with Crippen molar-refractivity contribution in [3.05, 3.63) is 12.1 Å². The first-order chi connectivity index (χ1) is 5.61. The molecule has 12 heavy (non-hydrogen) atoms. The van der Waals surface area contributed by atoms with Crippen LogP contribution in [0.1, 0.15) is 0 Å². The summed E-state index contributed by atoms with van der Waals surface area (Å²) in [7, 11) is 3.86. The van der Waals surface area contributed by atoms with Crippen molar-refractivity contribution in [2.75, 3.05) is 11.5 Å². The second-order valence-corrected chi connectivity index (χ2v) is 3.03. The normalized spacial score (nSPS) is 11.2. The maximum absolute atomic E-state index is 5.72. The number of nitrogen functional groups attached to an aromatic ring is 2. The van der Waals surface area contributed by atoms with Gasteiger partial charge in [0.25, 0.3) is 0 Å². The van der Waals surface area contributed by atoms with Crippen LogP contribution < -0.4 is 11.5 Å². The standard InChI is InChI=1S/C8H12N4/c1-11-5-3-8(10)12(2)6(5)4-7(11)9/h3-4H,9-10H2,1-2H3. The van der Waals surface area contributed by atoms with Crippen LogP contribution in [0.25, 0.3) is 11.0 Å². The minimum Gasteiger partial charge on any atom is -0.385 e. The summed E-state index contributed by atoms with van der Waals surface area (Å²) < 4.78 is 3.84. The lowest BCUT2D eigenvalue weighted by molar-refractivity contribution is 0.981. The molecule has 0 amide bonds. The van der Waals surface area contributed by atoms with Crippen molar-refractivity contribution >= 4 is 22.7 Å². The highest BCUT2D eigenvalue weighted by Gasteiger charge is 2.08. The molecule has 0 atom stereocenters. The Kier molecular flexibility index (Phi) is 1.16. The third-order valence-electron chi connectivity index (χ3n) is 2.33. The molecule has 0 bridgehead atoms. The molecule has 2 aromatic heterocycles. The first-order valence-electron chi connectivity index (χ1n) is 3.77. The Hall–Kier alpha value is -1.58. The third kappa shape index (κ3) is 0.664. The summed E-state index contributed by atoms with van der Waals surface area (Å²) in [5, 5.41) is 0. The fourth-order valence-corrected chi connectivity index (χ4v) is 1.44. The highest BCUT2D eigenvalue weighted by Crippen LogP contribution is 2.24. The Balaban J connectivity index is 2.93. The lowest BCUT2D eigenvalue weighted by atomic mass is 10.5. The molecule has 2 rings (SSSR count). The van der Waals surface area contributed by atoms with E-state index in [4.69, 9.17) is 11.5 Å². The zero-order chi connectivity index (χ0) is 8.88. The van der Waals surface area contributed by atoms with E-state index in [0.29, 0.717) is 0 Å². The Bertz CT molecular complexity index is 393. The molecule has 0 fully saturated rings. The van der Waals surface area contributed by atoms with Crippen LogP contribution >= 0.6 is 0 Å². The molecule has 0 aromatic carbocycles. The Morgan fingerprint density at radius 3 is 1.58 bits per heavy atom. The molecule has 0 saturated carbocycles. The molecule has 0 aliphatic rings. The van der Waals surface area contributed by atoms with Gasteiger partial charge in [0.1, 0.15) is 11.6 Å². The first kappa shape index (κ1) is 7.09. The monoisotopic (exact) mass is 164 g/mol. The Morgan fingerprint density at radius 2 is 1.25 bits per heavy atom. The van der Waals surface area contributed by atoms with Gasteiger partial charge in [-0.05, 0) is 0 Å². The second kappa shape index (κ2) is 1.97. The highest BCUT2D eigenvalue weighted by atomic mass is 15.1. The Labute approximate surface area is 70.4 Å². The smallest absolute Gasteiger partial charge is 0.105 e. The van der Waals surface area contributed by atoms with Crippen molar-refractivity contribution in [2.45, 2.75) is 0 Å². The average Bonchev–Trinajstić information content (AvgIpc) is 2.43. The molecular formula is C8H12N4. The fraction of sp³-hybridized carbons (Fsp3) is 0.250. The van der Waals surface area contributed by atoms with Crippen LogP contribution in [0.3, 0.4) is 0 Å². The lowest BCUT2D eigenvalue weighted by Crippen LogP contribution is -1.95. The molecule has 4 nitrogen and oxygen atoms in total. The van der Waals surface area contributed by atoms with Crippen molar-refractivity contribution in [2.24, 2.45) is 14.1 Å². The van der Waals surface area contributed by atoms with Crippen LogP contribution in [-0.2, 0) is 14.1 Å². The third-order valence-corrected chi connectivity index (χ3v) is 2.33. The topological polar surface area (TPSA) is 61.9 Å². The van der Waals surface area contributed by atoms with E-state index in [2.05, 4.69) is 0 Å². The number of aromatic nitrogens is 2. The predicted octanol–water partition coefficient (Wildman–Crippen LogP) is 0.681. The maximum Gasteiger partial charge on any atom is 0.105 e. The molecule has 0 radical (unpaired) electrons. The molecule has 2 aromatic rings. The molecule has 0 aliphatic heterocycles. The van der Waals surface area contributed by atoms with E-state index in [1.165, 1.54) is 0 Å². The number of hydrogen-bond acceptors (Lipinski definition) is 2. The van der Waals surface area contributed by atoms with Crippen LogP contribution in [0, 0.1) is 0 Å². The number of fused-ring (bicyclic) bond motifs is 1. The van der Waals surface area contributed by atoms with E-state index in [-0.39, 0.29) is 0 Å². The molecule has 0 unspecified atom stereocenters. The Morgan fingerprint density at radius 1 is 0.917 bits per heavy atom. The van der Waals surface area contributed by atoms with Crippen molar-refractivity contribution < 1.29 is 0 Å². The molecule has 4 heteroatoms. The summed E-state index contributed by atoms with van der Waals surface area (Å²) in [6, 6.07) is 3.84. The van der Waals surface area contributed by atoms with Gasteiger partial charge in [0.15, 0.2) is 0 Å². The van der Waals surface area contributed by atoms with Gasteiger partial charge in [-0.1, -0.05) is 0 Å². The zero-order valence-electron chi connectivity index (χ0n) is 7.20. The van der Waals surface area contributed by atoms with Gasteiger partial charge in [0.2, 0.25) is 0 Å². The second-order valence-electron chi connectivity index (χ2n) is 3.03. The van der Waals surface area contributed by atoms with Crippen molar-refractivity contribution in [1.29, 1.82) is 0 Å². The van der Waals surface area contributed by atoms with Crippen molar-refractivity contribution in [3.8, 4) is 0 Å². The minimum absolute atomic E-state index is 0.760. The van der Waals surface area contributed by atoms with E-state index in [0.717, 1.165) is 22.7 Å². The SMILES string of the molecule is Cn1c(N)cc2c1cc(N)n2C. The summed E-state index contributed by atoms with van der Waals surface area (Å²) in [5.41, 5.74) is 13.6. The molecule has 0 saturated heterocycles. The van der Waals surface area contributed by atoms with E-state index in [1.807, 2.05) is 35.4 Å².